The van der Waals surface area contributed by atoms with E-state index in [0.29, 0.717) is 32.8 Å². The Morgan fingerprint density at radius 1 is 1.13 bits per heavy atom. The predicted octanol–water partition coefficient (Wildman–Crippen LogP) is 4.38. The second-order valence-electron chi connectivity index (χ2n) is 6.48. The highest BCUT2D eigenvalue weighted by molar-refractivity contribution is 6.42. The van der Waals surface area contributed by atoms with Crippen molar-refractivity contribution in [3.05, 3.63) is 68.8 Å². The highest BCUT2D eigenvalue weighted by atomic mass is 35.5. The van der Waals surface area contributed by atoms with Gasteiger partial charge < -0.3 is 24.8 Å². The van der Waals surface area contributed by atoms with Crippen molar-refractivity contribution in [1.29, 1.82) is 0 Å². The van der Waals surface area contributed by atoms with Crippen LogP contribution in [0.15, 0.2) is 47.7 Å². The molecule has 0 saturated heterocycles. The number of urea groups is 1. The molecule has 158 valence electrons. The number of ether oxygens (including phenoxy) is 3. The van der Waals surface area contributed by atoms with E-state index in [9.17, 15) is 9.59 Å². The molecule has 0 fully saturated rings. The number of para-hydroxylation sites is 1. The van der Waals surface area contributed by atoms with E-state index in [4.69, 9.17) is 37.4 Å². The van der Waals surface area contributed by atoms with Crippen LogP contribution in [-0.2, 0) is 16.1 Å². The molecule has 1 heterocycles. The number of carbonyl (C=O) groups is 2. The molecule has 0 saturated carbocycles. The Kier molecular flexibility index (Phi) is 6.74. The van der Waals surface area contributed by atoms with Gasteiger partial charge in [0.05, 0.1) is 35.9 Å². The Bertz CT molecular complexity index is 1020. The molecule has 0 radical (unpaired) electrons. The molecule has 2 aromatic rings. The first kappa shape index (κ1) is 21.8. The summed E-state index contributed by atoms with van der Waals surface area (Å²) in [5, 5.41) is 6.20. The fourth-order valence-electron chi connectivity index (χ4n) is 3.17. The summed E-state index contributed by atoms with van der Waals surface area (Å²) in [6.45, 7) is 1.80. The van der Waals surface area contributed by atoms with Crippen LogP contribution in [0.4, 0.5) is 4.79 Å². The summed E-state index contributed by atoms with van der Waals surface area (Å²) in [4.78, 5) is 24.5. The van der Waals surface area contributed by atoms with Gasteiger partial charge in [-0.2, -0.15) is 0 Å². The third-order valence-corrected chi connectivity index (χ3v) is 5.32. The minimum atomic E-state index is -0.787. The van der Waals surface area contributed by atoms with Crippen LogP contribution in [-0.4, -0.2) is 26.2 Å². The van der Waals surface area contributed by atoms with Gasteiger partial charge in [0.1, 0.15) is 6.61 Å². The maximum absolute atomic E-state index is 12.4. The first-order chi connectivity index (χ1) is 14.3. The lowest BCUT2D eigenvalue weighted by molar-refractivity contribution is -0.136. The molecule has 3 rings (SSSR count). The van der Waals surface area contributed by atoms with Crippen LogP contribution in [0, 0.1) is 0 Å². The summed E-state index contributed by atoms with van der Waals surface area (Å²) >= 11 is 12.1. The molecule has 1 unspecified atom stereocenters. The fraction of sp³-hybridized carbons (Fsp3) is 0.238. The zero-order chi connectivity index (χ0) is 21.8. The highest BCUT2D eigenvalue weighted by Gasteiger charge is 2.34. The Labute approximate surface area is 183 Å². The van der Waals surface area contributed by atoms with E-state index in [1.54, 1.807) is 43.3 Å². The van der Waals surface area contributed by atoms with Gasteiger partial charge in [-0.3, -0.25) is 0 Å². The van der Waals surface area contributed by atoms with E-state index in [1.165, 1.54) is 14.2 Å². The molecule has 2 N–H and O–H groups in total. The quantitative estimate of drug-likeness (QED) is 0.637. The van der Waals surface area contributed by atoms with Crippen LogP contribution in [0.1, 0.15) is 24.1 Å². The molecule has 1 atom stereocenters. The third kappa shape index (κ3) is 4.47. The number of allylic oxidation sites excluding steroid dienone is 1. The van der Waals surface area contributed by atoms with Gasteiger partial charge in [0.2, 0.25) is 0 Å². The van der Waals surface area contributed by atoms with E-state index in [1.807, 2.05) is 0 Å². The van der Waals surface area contributed by atoms with E-state index < -0.39 is 18.0 Å². The highest BCUT2D eigenvalue weighted by Crippen LogP contribution is 2.39. The predicted molar refractivity (Wildman–Crippen MR) is 113 cm³/mol. The van der Waals surface area contributed by atoms with Crippen molar-refractivity contribution in [2.45, 2.75) is 19.6 Å². The molecule has 1 aliphatic heterocycles. The zero-order valence-electron chi connectivity index (χ0n) is 16.5. The average Bonchev–Trinajstić information content (AvgIpc) is 2.73. The molecule has 9 heteroatoms. The molecule has 1 aliphatic rings. The monoisotopic (exact) mass is 450 g/mol. The zero-order valence-corrected chi connectivity index (χ0v) is 18.1. The molecule has 30 heavy (non-hydrogen) atoms. The Hall–Kier alpha value is -2.90. The lowest BCUT2D eigenvalue weighted by Gasteiger charge is -2.29. The van der Waals surface area contributed by atoms with Crippen molar-refractivity contribution in [2.24, 2.45) is 0 Å². The van der Waals surface area contributed by atoms with Crippen molar-refractivity contribution < 1.29 is 23.8 Å². The second kappa shape index (κ2) is 9.28. The smallest absolute Gasteiger partial charge is 0.337 e. The van der Waals surface area contributed by atoms with E-state index in [0.717, 1.165) is 5.56 Å². The van der Waals surface area contributed by atoms with Gasteiger partial charge in [-0.05, 0) is 30.7 Å². The summed E-state index contributed by atoms with van der Waals surface area (Å²) in [6, 6.07) is 9.17. The molecule has 0 spiro atoms. The van der Waals surface area contributed by atoms with Gasteiger partial charge in [-0.25, -0.2) is 9.59 Å². The van der Waals surface area contributed by atoms with Crippen LogP contribution in [0.25, 0.3) is 0 Å². The Balaban J connectivity index is 2.02. The van der Waals surface area contributed by atoms with Crippen molar-refractivity contribution in [1.82, 2.24) is 10.6 Å². The van der Waals surface area contributed by atoms with Crippen LogP contribution >= 0.6 is 23.2 Å². The minimum Gasteiger partial charge on any atom is -0.493 e. The maximum atomic E-state index is 12.4. The normalized spacial score (nSPS) is 15.9. The van der Waals surface area contributed by atoms with Crippen LogP contribution in [0.3, 0.4) is 0 Å². The molecule has 0 aromatic heterocycles. The molecule has 0 aliphatic carbocycles. The maximum Gasteiger partial charge on any atom is 0.337 e. The summed E-state index contributed by atoms with van der Waals surface area (Å²) in [5.41, 5.74) is 2.00. The number of halogens is 2. The van der Waals surface area contributed by atoms with Gasteiger partial charge in [0.15, 0.2) is 11.5 Å². The summed E-state index contributed by atoms with van der Waals surface area (Å²) in [7, 11) is 2.79. The lowest BCUT2D eigenvalue weighted by Crippen LogP contribution is -2.45. The number of nitrogens with one attached hydrogen (secondary N) is 2. The summed E-state index contributed by atoms with van der Waals surface area (Å²) in [6.07, 6.45) is 0. The van der Waals surface area contributed by atoms with Crippen molar-refractivity contribution in [3.8, 4) is 11.5 Å². The van der Waals surface area contributed by atoms with Crippen LogP contribution < -0.4 is 20.1 Å². The number of carbonyl (C=O) groups excluding carboxylic acids is 2. The van der Waals surface area contributed by atoms with Gasteiger partial charge in [-0.15, -0.1) is 0 Å². The Morgan fingerprint density at radius 3 is 2.57 bits per heavy atom. The molecular formula is C21H20Cl2N2O5. The topological polar surface area (TPSA) is 85.9 Å². The number of amides is 2. The van der Waals surface area contributed by atoms with E-state index >= 15 is 0 Å². The number of hydrogen-bond donors (Lipinski definition) is 2. The number of esters is 1. The molecular weight excluding hydrogens is 431 g/mol. The van der Waals surface area contributed by atoms with Gasteiger partial charge in [-0.1, -0.05) is 41.4 Å². The fourth-order valence-corrected chi connectivity index (χ4v) is 3.49. The summed E-state index contributed by atoms with van der Waals surface area (Å²) < 4.78 is 16.4. The first-order valence-corrected chi connectivity index (χ1v) is 9.71. The number of rotatable bonds is 6. The average molecular weight is 451 g/mol. The largest absolute Gasteiger partial charge is 0.493 e. The van der Waals surface area contributed by atoms with Gasteiger partial charge in [0.25, 0.3) is 0 Å². The molecule has 2 aromatic carbocycles. The molecule has 0 bridgehead atoms. The van der Waals surface area contributed by atoms with Crippen molar-refractivity contribution in [3.63, 3.8) is 0 Å². The Morgan fingerprint density at radius 2 is 1.90 bits per heavy atom. The molecule has 2 amide bonds. The summed E-state index contributed by atoms with van der Waals surface area (Å²) in [5.74, 6) is 0.262. The molecule has 7 nitrogen and oxygen atoms in total. The number of hydrogen-bond acceptors (Lipinski definition) is 5. The van der Waals surface area contributed by atoms with Crippen LogP contribution in [0.2, 0.25) is 10.0 Å². The van der Waals surface area contributed by atoms with E-state index in [2.05, 4.69) is 10.6 Å². The van der Waals surface area contributed by atoms with Gasteiger partial charge in [0, 0.05) is 11.3 Å². The van der Waals surface area contributed by atoms with Crippen molar-refractivity contribution in [2.75, 3.05) is 14.2 Å². The third-order valence-electron chi connectivity index (χ3n) is 4.58. The standard InChI is InChI=1S/C21H20Cl2N2O5/c1-11-17(20(26)29-3)18(25-21(27)24-11)13-5-4-6-16(28-2)19(13)30-10-12-7-8-14(22)15(23)9-12/h4-9,18H,10H2,1-3H3,(H2,24,25,27). The van der Waals surface area contributed by atoms with Crippen LogP contribution in [0.5, 0.6) is 11.5 Å². The van der Waals surface area contributed by atoms with Crippen molar-refractivity contribution >= 4 is 35.2 Å². The van der Waals surface area contributed by atoms with Gasteiger partial charge >= 0.3 is 12.0 Å². The van der Waals surface area contributed by atoms with E-state index in [-0.39, 0.29) is 12.2 Å². The SMILES string of the molecule is COC(=O)C1=C(C)NC(=O)NC1c1cccc(OC)c1OCc1ccc(Cl)c(Cl)c1. The minimum absolute atomic E-state index is 0.166. The second-order valence-corrected chi connectivity index (χ2v) is 7.29. The number of methoxy groups -OCH3 is 2. The number of benzene rings is 2. The lowest BCUT2D eigenvalue weighted by atomic mass is 9.94. The first-order valence-electron chi connectivity index (χ1n) is 8.96.